The van der Waals surface area contributed by atoms with Crippen molar-refractivity contribution in [2.75, 3.05) is 19.7 Å². The van der Waals surface area contributed by atoms with Crippen molar-refractivity contribution in [2.24, 2.45) is 11.3 Å². The van der Waals surface area contributed by atoms with Gasteiger partial charge in [-0.05, 0) is 49.8 Å². The standard InChI is InChI=1S/C20H28FNO3/c1-4-25-19(24)20(13-16-6-8-17(21)9-7-16)10-5-11-22(14-20)18(23)12-15(2)3/h6-9,15H,4-5,10-14H2,1-3H3/t20-/m0/s1. The van der Waals surface area contributed by atoms with E-state index in [0.29, 0.717) is 39.0 Å². The molecule has 1 aliphatic rings. The normalized spacial score (nSPS) is 20.6. The third-order valence-electron chi connectivity index (χ3n) is 4.68. The number of carbonyl (C=O) groups is 2. The highest BCUT2D eigenvalue weighted by Gasteiger charge is 2.44. The zero-order valence-electron chi connectivity index (χ0n) is 15.4. The summed E-state index contributed by atoms with van der Waals surface area (Å²) in [6.45, 7) is 7.17. The molecule has 4 nitrogen and oxygen atoms in total. The molecule has 0 aliphatic carbocycles. The van der Waals surface area contributed by atoms with Crippen molar-refractivity contribution in [1.29, 1.82) is 0 Å². The van der Waals surface area contributed by atoms with Gasteiger partial charge in [-0.15, -0.1) is 0 Å². The molecule has 0 bridgehead atoms. The monoisotopic (exact) mass is 349 g/mol. The molecule has 1 aromatic rings. The fourth-order valence-electron chi connectivity index (χ4n) is 3.48. The summed E-state index contributed by atoms with van der Waals surface area (Å²) in [5.74, 6) is -0.196. The summed E-state index contributed by atoms with van der Waals surface area (Å²) in [6.07, 6.45) is 2.38. The molecule has 1 heterocycles. The van der Waals surface area contributed by atoms with E-state index >= 15 is 0 Å². The van der Waals surface area contributed by atoms with Crippen LogP contribution >= 0.6 is 0 Å². The van der Waals surface area contributed by atoms with Gasteiger partial charge < -0.3 is 9.64 Å². The molecule has 0 unspecified atom stereocenters. The molecule has 1 fully saturated rings. The molecule has 2 rings (SSSR count). The van der Waals surface area contributed by atoms with Gasteiger partial charge in [-0.25, -0.2) is 4.39 Å². The minimum atomic E-state index is -0.751. The van der Waals surface area contributed by atoms with E-state index < -0.39 is 5.41 Å². The molecule has 138 valence electrons. The van der Waals surface area contributed by atoms with Gasteiger partial charge in [0.15, 0.2) is 0 Å². The second-order valence-corrected chi connectivity index (χ2v) is 7.32. The predicted molar refractivity (Wildman–Crippen MR) is 94.4 cm³/mol. The highest BCUT2D eigenvalue weighted by molar-refractivity contribution is 5.81. The first-order valence-corrected chi connectivity index (χ1v) is 9.06. The van der Waals surface area contributed by atoms with Gasteiger partial charge in [0.2, 0.25) is 5.91 Å². The molecular formula is C20H28FNO3. The van der Waals surface area contributed by atoms with Crippen molar-refractivity contribution < 1.29 is 18.7 Å². The van der Waals surface area contributed by atoms with Crippen LogP contribution in [0.15, 0.2) is 24.3 Å². The van der Waals surface area contributed by atoms with Gasteiger partial charge in [-0.2, -0.15) is 0 Å². The summed E-state index contributed by atoms with van der Waals surface area (Å²) in [6, 6.07) is 6.20. The maximum Gasteiger partial charge on any atom is 0.314 e. The first-order valence-electron chi connectivity index (χ1n) is 9.06. The molecule has 25 heavy (non-hydrogen) atoms. The number of ether oxygens (including phenoxy) is 1. The van der Waals surface area contributed by atoms with Crippen LogP contribution in [0.25, 0.3) is 0 Å². The van der Waals surface area contributed by atoms with Gasteiger partial charge >= 0.3 is 5.97 Å². The number of amides is 1. The van der Waals surface area contributed by atoms with E-state index in [-0.39, 0.29) is 23.6 Å². The zero-order valence-corrected chi connectivity index (χ0v) is 15.4. The number of hydrogen-bond donors (Lipinski definition) is 0. The Kier molecular flexibility index (Phi) is 6.57. The van der Waals surface area contributed by atoms with Crippen LogP contribution in [0, 0.1) is 17.2 Å². The number of benzene rings is 1. The van der Waals surface area contributed by atoms with E-state index in [1.807, 2.05) is 13.8 Å². The number of esters is 1. The lowest BCUT2D eigenvalue weighted by Gasteiger charge is -2.41. The number of hydrogen-bond acceptors (Lipinski definition) is 3. The molecular weight excluding hydrogens is 321 g/mol. The average Bonchev–Trinajstić information content (AvgIpc) is 2.57. The number of halogens is 1. The fourth-order valence-corrected chi connectivity index (χ4v) is 3.48. The molecule has 0 radical (unpaired) electrons. The number of nitrogens with zero attached hydrogens (tertiary/aromatic N) is 1. The van der Waals surface area contributed by atoms with Crippen LogP contribution in [-0.2, 0) is 20.7 Å². The minimum absolute atomic E-state index is 0.0856. The smallest absolute Gasteiger partial charge is 0.314 e. The summed E-state index contributed by atoms with van der Waals surface area (Å²) in [5, 5.41) is 0. The Balaban J connectivity index is 2.23. The van der Waals surface area contributed by atoms with Gasteiger partial charge in [0.1, 0.15) is 5.82 Å². The second kappa shape index (κ2) is 8.45. The number of piperidine rings is 1. The van der Waals surface area contributed by atoms with Crippen molar-refractivity contribution in [3.05, 3.63) is 35.6 Å². The van der Waals surface area contributed by atoms with Crippen molar-refractivity contribution in [1.82, 2.24) is 4.90 Å². The van der Waals surface area contributed by atoms with E-state index in [4.69, 9.17) is 4.74 Å². The van der Waals surface area contributed by atoms with Crippen molar-refractivity contribution in [3.8, 4) is 0 Å². The van der Waals surface area contributed by atoms with Gasteiger partial charge in [0, 0.05) is 19.5 Å². The average molecular weight is 349 g/mol. The lowest BCUT2D eigenvalue weighted by molar-refractivity contribution is -0.160. The second-order valence-electron chi connectivity index (χ2n) is 7.32. The van der Waals surface area contributed by atoms with Gasteiger partial charge in [-0.3, -0.25) is 9.59 Å². The first kappa shape index (κ1) is 19.4. The largest absolute Gasteiger partial charge is 0.466 e. The molecule has 1 aromatic carbocycles. The fraction of sp³-hybridized carbons (Fsp3) is 0.600. The Bertz CT molecular complexity index is 599. The minimum Gasteiger partial charge on any atom is -0.466 e. The number of likely N-dealkylation sites (tertiary alicyclic amines) is 1. The Morgan fingerprint density at radius 1 is 1.28 bits per heavy atom. The summed E-state index contributed by atoms with van der Waals surface area (Å²) < 4.78 is 18.5. The molecule has 0 aromatic heterocycles. The lowest BCUT2D eigenvalue weighted by atomic mass is 9.75. The molecule has 1 saturated heterocycles. The van der Waals surface area contributed by atoms with Crippen LogP contribution in [0.4, 0.5) is 4.39 Å². The molecule has 0 N–H and O–H groups in total. The van der Waals surface area contributed by atoms with E-state index in [2.05, 4.69) is 0 Å². The van der Waals surface area contributed by atoms with E-state index in [0.717, 1.165) is 12.0 Å². The van der Waals surface area contributed by atoms with E-state index in [9.17, 15) is 14.0 Å². The Hall–Kier alpha value is -1.91. The van der Waals surface area contributed by atoms with Crippen LogP contribution in [0.5, 0.6) is 0 Å². The maximum atomic E-state index is 13.2. The summed E-state index contributed by atoms with van der Waals surface area (Å²) >= 11 is 0. The number of carbonyl (C=O) groups excluding carboxylic acids is 2. The topological polar surface area (TPSA) is 46.6 Å². The maximum absolute atomic E-state index is 13.2. The molecule has 0 saturated carbocycles. The molecule has 1 aliphatic heterocycles. The molecule has 1 atom stereocenters. The third-order valence-corrected chi connectivity index (χ3v) is 4.68. The Morgan fingerprint density at radius 3 is 2.56 bits per heavy atom. The van der Waals surface area contributed by atoms with Gasteiger partial charge in [0.05, 0.1) is 12.0 Å². The van der Waals surface area contributed by atoms with Crippen LogP contribution in [0.3, 0.4) is 0 Å². The first-order chi connectivity index (χ1) is 11.9. The van der Waals surface area contributed by atoms with E-state index in [1.54, 1.807) is 24.0 Å². The van der Waals surface area contributed by atoms with Crippen molar-refractivity contribution >= 4 is 11.9 Å². The molecule has 5 heteroatoms. The van der Waals surface area contributed by atoms with Crippen LogP contribution < -0.4 is 0 Å². The summed E-state index contributed by atoms with van der Waals surface area (Å²) in [7, 11) is 0. The van der Waals surface area contributed by atoms with Crippen molar-refractivity contribution in [2.45, 2.75) is 46.5 Å². The van der Waals surface area contributed by atoms with E-state index in [1.165, 1.54) is 12.1 Å². The molecule has 1 amide bonds. The molecule has 0 spiro atoms. The predicted octanol–water partition coefficient (Wildman–Crippen LogP) is 3.59. The third kappa shape index (κ3) is 5.03. The SMILES string of the molecule is CCOC(=O)[C@]1(Cc2ccc(F)cc2)CCCN(C(=O)CC(C)C)C1. The summed E-state index contributed by atoms with van der Waals surface area (Å²) in [4.78, 5) is 27.0. The van der Waals surface area contributed by atoms with Crippen LogP contribution in [0.1, 0.15) is 45.6 Å². The number of rotatable bonds is 6. The highest BCUT2D eigenvalue weighted by Crippen LogP contribution is 2.36. The van der Waals surface area contributed by atoms with Crippen LogP contribution in [-0.4, -0.2) is 36.5 Å². The van der Waals surface area contributed by atoms with Crippen LogP contribution in [0.2, 0.25) is 0 Å². The zero-order chi connectivity index (χ0) is 18.4. The van der Waals surface area contributed by atoms with Crippen molar-refractivity contribution in [3.63, 3.8) is 0 Å². The highest BCUT2D eigenvalue weighted by atomic mass is 19.1. The Morgan fingerprint density at radius 2 is 1.96 bits per heavy atom. The van der Waals surface area contributed by atoms with Gasteiger partial charge in [0.25, 0.3) is 0 Å². The lowest BCUT2D eigenvalue weighted by Crippen LogP contribution is -2.51. The van der Waals surface area contributed by atoms with Gasteiger partial charge in [-0.1, -0.05) is 26.0 Å². The Labute approximate surface area is 149 Å². The quantitative estimate of drug-likeness (QED) is 0.738. The summed E-state index contributed by atoms with van der Waals surface area (Å²) in [5.41, 5.74) is 0.131.